The Morgan fingerprint density at radius 1 is 1.54 bits per heavy atom. The lowest BCUT2D eigenvalue weighted by atomic mass is 9.94. The molecule has 0 amide bonds. The van der Waals surface area contributed by atoms with Crippen molar-refractivity contribution in [2.45, 2.75) is 45.1 Å². The van der Waals surface area contributed by atoms with Crippen molar-refractivity contribution in [3.8, 4) is 0 Å². The van der Waals surface area contributed by atoms with Crippen LogP contribution in [-0.2, 0) is 4.74 Å². The number of rotatable bonds is 4. The molecule has 72 valence electrons. The van der Waals surface area contributed by atoms with Gasteiger partial charge in [0.25, 0.3) is 0 Å². The summed E-state index contributed by atoms with van der Waals surface area (Å²) in [5.74, 6) is 0. The third-order valence-corrected chi connectivity index (χ3v) is 2.95. The van der Waals surface area contributed by atoms with Crippen LogP contribution in [0.5, 0.6) is 0 Å². The van der Waals surface area contributed by atoms with Crippen LogP contribution in [0.1, 0.15) is 39.0 Å². The smallest absolute Gasteiger partial charge is 0.0810 e. The predicted octanol–water partition coefficient (Wildman–Crippen LogP) is 3.22. The van der Waals surface area contributed by atoms with Gasteiger partial charge < -0.3 is 4.74 Å². The minimum atomic E-state index is 0.611. The van der Waals surface area contributed by atoms with Crippen molar-refractivity contribution in [3.63, 3.8) is 0 Å². The van der Waals surface area contributed by atoms with Crippen molar-refractivity contribution >= 4 is 0 Å². The molecule has 0 spiro atoms. The van der Waals surface area contributed by atoms with Gasteiger partial charge in [0.2, 0.25) is 0 Å². The normalized spacial score (nSPS) is 26.7. The van der Waals surface area contributed by atoms with Crippen LogP contribution in [0.15, 0.2) is 23.3 Å². The Morgan fingerprint density at radius 3 is 3.08 bits per heavy atom. The van der Waals surface area contributed by atoms with E-state index in [0.717, 1.165) is 6.61 Å². The Morgan fingerprint density at radius 2 is 2.38 bits per heavy atom. The summed E-state index contributed by atoms with van der Waals surface area (Å²) in [4.78, 5) is 0. The molecule has 2 rings (SSSR count). The maximum Gasteiger partial charge on any atom is 0.0810 e. The van der Waals surface area contributed by atoms with Gasteiger partial charge in [-0.25, -0.2) is 0 Å². The lowest BCUT2D eigenvalue weighted by molar-refractivity contribution is 0.391. The van der Waals surface area contributed by atoms with Crippen LogP contribution in [-0.4, -0.2) is 12.7 Å². The highest BCUT2D eigenvalue weighted by Gasteiger charge is 2.21. The van der Waals surface area contributed by atoms with Gasteiger partial charge in [0.05, 0.1) is 12.7 Å². The Balaban J connectivity index is 1.75. The average molecular weight is 178 g/mol. The second-order valence-electron chi connectivity index (χ2n) is 4.08. The maximum absolute atomic E-state index is 5.19. The first-order valence-corrected chi connectivity index (χ1v) is 5.33. The van der Waals surface area contributed by atoms with Crippen molar-refractivity contribution in [1.29, 1.82) is 0 Å². The topological polar surface area (TPSA) is 12.5 Å². The van der Waals surface area contributed by atoms with Crippen LogP contribution in [0, 0.1) is 0 Å². The summed E-state index contributed by atoms with van der Waals surface area (Å²) in [5, 5.41) is 0. The van der Waals surface area contributed by atoms with Gasteiger partial charge in [-0.15, -0.1) is 0 Å². The number of allylic oxidation sites excluding steroid dienone is 4. The van der Waals surface area contributed by atoms with E-state index >= 15 is 0 Å². The Labute approximate surface area is 80.5 Å². The van der Waals surface area contributed by atoms with Crippen molar-refractivity contribution in [2.75, 3.05) is 6.61 Å². The summed E-state index contributed by atoms with van der Waals surface area (Å²) < 4.78 is 5.19. The van der Waals surface area contributed by atoms with E-state index < -0.39 is 0 Å². The van der Waals surface area contributed by atoms with E-state index in [1.807, 2.05) is 0 Å². The van der Waals surface area contributed by atoms with Gasteiger partial charge in [0.15, 0.2) is 0 Å². The highest BCUT2D eigenvalue weighted by Crippen LogP contribution is 2.25. The Hall–Kier alpha value is -0.560. The quantitative estimate of drug-likeness (QED) is 0.602. The summed E-state index contributed by atoms with van der Waals surface area (Å²) in [6, 6.07) is 0. The Kier molecular flexibility index (Phi) is 2.84. The molecule has 1 aliphatic carbocycles. The largest absolute Gasteiger partial charge is 0.373 e. The molecule has 0 bridgehead atoms. The molecule has 0 saturated carbocycles. The van der Waals surface area contributed by atoms with E-state index in [1.54, 1.807) is 5.57 Å². The summed E-state index contributed by atoms with van der Waals surface area (Å²) in [6.07, 6.45) is 11.6. The van der Waals surface area contributed by atoms with Crippen molar-refractivity contribution in [1.82, 2.24) is 0 Å². The van der Waals surface area contributed by atoms with Gasteiger partial charge in [-0.05, 0) is 39.0 Å². The number of epoxide rings is 1. The molecule has 0 aromatic heterocycles. The zero-order valence-electron chi connectivity index (χ0n) is 8.38. The lowest BCUT2D eigenvalue weighted by Crippen LogP contribution is -1.94. The highest BCUT2D eigenvalue weighted by molar-refractivity contribution is 5.27. The second-order valence-corrected chi connectivity index (χ2v) is 4.08. The number of hydrogen-bond acceptors (Lipinski definition) is 1. The molecule has 1 atom stereocenters. The van der Waals surface area contributed by atoms with E-state index in [0.29, 0.717) is 6.10 Å². The first kappa shape index (κ1) is 9.01. The monoisotopic (exact) mass is 178 g/mol. The molecular weight excluding hydrogens is 160 g/mol. The molecule has 1 nitrogen and oxygen atoms in total. The molecule has 1 unspecified atom stereocenters. The van der Waals surface area contributed by atoms with Gasteiger partial charge in [0, 0.05) is 0 Å². The van der Waals surface area contributed by atoms with Crippen LogP contribution in [0.4, 0.5) is 0 Å². The summed E-state index contributed by atoms with van der Waals surface area (Å²) >= 11 is 0. The summed E-state index contributed by atoms with van der Waals surface area (Å²) in [7, 11) is 0. The van der Waals surface area contributed by atoms with Crippen LogP contribution in [0.3, 0.4) is 0 Å². The molecule has 0 aromatic rings. The van der Waals surface area contributed by atoms with Crippen LogP contribution < -0.4 is 0 Å². The van der Waals surface area contributed by atoms with E-state index in [4.69, 9.17) is 4.74 Å². The van der Waals surface area contributed by atoms with E-state index in [9.17, 15) is 0 Å². The maximum atomic E-state index is 5.19. The summed E-state index contributed by atoms with van der Waals surface area (Å²) in [6.45, 7) is 3.25. The fourth-order valence-corrected chi connectivity index (χ4v) is 1.93. The second kappa shape index (κ2) is 4.10. The van der Waals surface area contributed by atoms with Crippen molar-refractivity contribution in [2.24, 2.45) is 0 Å². The fraction of sp³-hybridized carbons (Fsp3) is 0.667. The molecule has 0 N–H and O–H groups in total. The number of ether oxygens (including phenoxy) is 1. The van der Waals surface area contributed by atoms with E-state index in [1.165, 1.54) is 37.7 Å². The molecule has 2 aliphatic rings. The molecule has 13 heavy (non-hydrogen) atoms. The van der Waals surface area contributed by atoms with Gasteiger partial charge >= 0.3 is 0 Å². The molecular formula is C12H18O. The third kappa shape index (κ3) is 2.70. The molecule has 0 aromatic carbocycles. The molecule has 1 heterocycles. The van der Waals surface area contributed by atoms with Gasteiger partial charge in [-0.2, -0.15) is 0 Å². The van der Waals surface area contributed by atoms with Crippen LogP contribution in [0.2, 0.25) is 0 Å². The first-order valence-electron chi connectivity index (χ1n) is 5.33. The molecule has 1 fully saturated rings. The minimum absolute atomic E-state index is 0.611. The van der Waals surface area contributed by atoms with Gasteiger partial charge in [0.1, 0.15) is 0 Å². The third-order valence-electron chi connectivity index (χ3n) is 2.95. The molecule has 1 saturated heterocycles. The van der Waals surface area contributed by atoms with Crippen molar-refractivity contribution in [3.05, 3.63) is 23.3 Å². The van der Waals surface area contributed by atoms with E-state index in [-0.39, 0.29) is 0 Å². The zero-order chi connectivity index (χ0) is 9.10. The van der Waals surface area contributed by atoms with Crippen LogP contribution >= 0.6 is 0 Å². The lowest BCUT2D eigenvalue weighted by Gasteiger charge is -2.12. The van der Waals surface area contributed by atoms with Gasteiger partial charge in [-0.1, -0.05) is 23.3 Å². The first-order chi connectivity index (χ1) is 6.36. The fourth-order valence-electron chi connectivity index (χ4n) is 1.93. The minimum Gasteiger partial charge on any atom is -0.373 e. The number of hydrogen-bond donors (Lipinski definition) is 0. The highest BCUT2D eigenvalue weighted by atomic mass is 16.6. The average Bonchev–Trinajstić information content (AvgIpc) is 2.92. The predicted molar refractivity (Wildman–Crippen MR) is 54.7 cm³/mol. The SMILES string of the molecule is CC1=C(CCCC2CO2)CCC=C1. The molecule has 1 heteroatoms. The zero-order valence-corrected chi connectivity index (χ0v) is 8.38. The molecule has 0 radical (unpaired) electrons. The summed E-state index contributed by atoms with van der Waals surface area (Å²) in [5.41, 5.74) is 3.17. The van der Waals surface area contributed by atoms with E-state index in [2.05, 4.69) is 19.1 Å². The van der Waals surface area contributed by atoms with Crippen molar-refractivity contribution < 1.29 is 4.74 Å². The van der Waals surface area contributed by atoms with Gasteiger partial charge in [-0.3, -0.25) is 0 Å². The van der Waals surface area contributed by atoms with Crippen LogP contribution in [0.25, 0.3) is 0 Å². The Bertz CT molecular complexity index is 234. The standard InChI is InChI=1S/C12H18O/c1-10-5-2-3-6-11(10)7-4-8-12-9-13-12/h2,5,12H,3-4,6-9H2,1H3. The molecule has 1 aliphatic heterocycles.